The summed E-state index contributed by atoms with van der Waals surface area (Å²) >= 11 is 1.88. The number of nitrogens with zero attached hydrogens (tertiary/aromatic N) is 1. The smallest absolute Gasteiger partial charge is 0.0540 e. The van der Waals surface area contributed by atoms with E-state index in [9.17, 15) is 0 Å². The molecule has 1 heterocycles. The number of thiophene rings is 1. The second kappa shape index (κ2) is 13.7. The molecule has 0 atom stereocenters. The van der Waals surface area contributed by atoms with Crippen molar-refractivity contribution in [3.05, 3.63) is 212 Å². The van der Waals surface area contributed by atoms with Crippen LogP contribution in [0.2, 0.25) is 0 Å². The van der Waals surface area contributed by atoms with Crippen LogP contribution in [0.25, 0.3) is 75.5 Å². The number of hydrogen-bond acceptors (Lipinski definition) is 2. The first kappa shape index (κ1) is 32.0. The quantitative estimate of drug-likeness (QED) is 0.160. The van der Waals surface area contributed by atoms with Crippen LogP contribution in [0.3, 0.4) is 0 Å². The zero-order chi connectivity index (χ0) is 35.8. The molecular weight excluding hydrogens is 671 g/mol. The highest BCUT2D eigenvalue weighted by molar-refractivity contribution is 7.26. The van der Waals surface area contributed by atoms with Gasteiger partial charge in [0, 0.05) is 42.4 Å². The van der Waals surface area contributed by atoms with E-state index in [1.165, 1.54) is 75.5 Å². The molecule has 0 bridgehead atoms. The van der Waals surface area contributed by atoms with Crippen molar-refractivity contribution in [1.82, 2.24) is 0 Å². The Balaban J connectivity index is 1.25. The van der Waals surface area contributed by atoms with E-state index in [1.807, 2.05) is 11.3 Å². The Kier molecular flexibility index (Phi) is 8.09. The second-order valence-corrected chi connectivity index (χ2v) is 14.7. The molecule has 0 fully saturated rings. The number of rotatable bonds is 7. The van der Waals surface area contributed by atoms with Crippen LogP contribution in [-0.2, 0) is 0 Å². The van der Waals surface area contributed by atoms with Crippen LogP contribution in [-0.4, -0.2) is 0 Å². The summed E-state index contributed by atoms with van der Waals surface area (Å²) in [6.07, 6.45) is 0. The monoisotopic (exact) mass is 705 g/mol. The maximum atomic E-state index is 2.47. The second-order valence-electron chi connectivity index (χ2n) is 13.6. The Hall–Kier alpha value is -6.74. The van der Waals surface area contributed by atoms with Crippen molar-refractivity contribution < 1.29 is 0 Å². The lowest BCUT2D eigenvalue weighted by molar-refractivity contribution is 1.30. The highest BCUT2D eigenvalue weighted by Crippen LogP contribution is 2.48. The summed E-state index contributed by atoms with van der Waals surface area (Å²) in [5.41, 5.74) is 13.0. The van der Waals surface area contributed by atoms with Gasteiger partial charge >= 0.3 is 0 Å². The van der Waals surface area contributed by atoms with Gasteiger partial charge in [0.25, 0.3) is 0 Å². The zero-order valence-corrected chi connectivity index (χ0v) is 30.4. The molecule has 10 aromatic rings. The third-order valence-electron chi connectivity index (χ3n) is 10.5. The maximum Gasteiger partial charge on any atom is 0.0540 e. The maximum absolute atomic E-state index is 2.47. The van der Waals surface area contributed by atoms with E-state index in [1.54, 1.807) is 0 Å². The predicted octanol–water partition coefficient (Wildman–Crippen LogP) is 15.3. The first-order chi connectivity index (χ1) is 26.8. The van der Waals surface area contributed by atoms with Gasteiger partial charge in [-0.3, -0.25) is 0 Å². The summed E-state index contributed by atoms with van der Waals surface area (Å²) in [6.45, 7) is 0. The molecule has 1 aromatic heterocycles. The van der Waals surface area contributed by atoms with Gasteiger partial charge in [-0.1, -0.05) is 182 Å². The molecular formula is C52H35NS. The van der Waals surface area contributed by atoms with E-state index in [-0.39, 0.29) is 0 Å². The Bertz CT molecular complexity index is 2930. The molecule has 0 amide bonds. The van der Waals surface area contributed by atoms with Crippen LogP contribution in [0, 0.1) is 0 Å². The molecule has 0 N–H and O–H groups in total. The van der Waals surface area contributed by atoms with Crippen molar-refractivity contribution in [2.24, 2.45) is 0 Å². The van der Waals surface area contributed by atoms with Gasteiger partial charge in [0.15, 0.2) is 0 Å². The standard InChI is InChI=1S/C52H35NS/c1-4-17-36(18-5-1)40-33-34-50(44-25-11-10-24-42(40)44)53(49-29-14-12-23-41(49)37-19-6-2-7-20-37)39-31-32-43(48(35-39)38-21-8-3-9-22-38)46-27-16-28-47-45-26-13-15-30-51(45)54-52(46)47/h1-35H. The number of benzene rings is 9. The fourth-order valence-corrected chi connectivity index (χ4v) is 9.24. The molecule has 2 heteroatoms. The fourth-order valence-electron chi connectivity index (χ4n) is 8.01. The van der Waals surface area contributed by atoms with Gasteiger partial charge in [-0.2, -0.15) is 0 Å². The van der Waals surface area contributed by atoms with Crippen LogP contribution < -0.4 is 4.90 Å². The molecule has 0 unspecified atom stereocenters. The largest absolute Gasteiger partial charge is 0.309 e. The summed E-state index contributed by atoms with van der Waals surface area (Å²) in [4.78, 5) is 2.47. The molecule has 9 aromatic carbocycles. The SMILES string of the molecule is c1ccc(-c2cc(N(c3ccccc3-c3ccccc3)c3ccc(-c4ccccc4)c4ccccc34)ccc2-c2cccc3c2sc2ccccc23)cc1. The van der Waals surface area contributed by atoms with E-state index < -0.39 is 0 Å². The van der Waals surface area contributed by atoms with Gasteiger partial charge in [0.2, 0.25) is 0 Å². The molecule has 0 aliphatic carbocycles. The van der Waals surface area contributed by atoms with Crippen molar-refractivity contribution in [3.8, 4) is 44.5 Å². The molecule has 0 aliphatic heterocycles. The third kappa shape index (κ3) is 5.56. The summed E-state index contributed by atoms with van der Waals surface area (Å²) in [6, 6.07) is 77.1. The van der Waals surface area contributed by atoms with E-state index in [2.05, 4.69) is 217 Å². The summed E-state index contributed by atoms with van der Waals surface area (Å²) < 4.78 is 2.63. The van der Waals surface area contributed by atoms with Crippen LogP contribution in [0.5, 0.6) is 0 Å². The van der Waals surface area contributed by atoms with Crippen molar-refractivity contribution in [1.29, 1.82) is 0 Å². The highest BCUT2D eigenvalue weighted by Gasteiger charge is 2.22. The van der Waals surface area contributed by atoms with Gasteiger partial charge in [-0.05, 0) is 69.1 Å². The molecule has 0 aliphatic rings. The zero-order valence-electron chi connectivity index (χ0n) is 29.6. The van der Waals surface area contributed by atoms with Crippen LogP contribution in [0.4, 0.5) is 17.1 Å². The van der Waals surface area contributed by atoms with Gasteiger partial charge in [-0.15, -0.1) is 11.3 Å². The number of fused-ring (bicyclic) bond motifs is 4. The normalized spacial score (nSPS) is 11.3. The highest BCUT2D eigenvalue weighted by atomic mass is 32.1. The first-order valence-electron chi connectivity index (χ1n) is 18.4. The molecule has 0 radical (unpaired) electrons. The molecule has 10 rings (SSSR count). The minimum atomic E-state index is 1.10. The molecule has 0 spiro atoms. The molecule has 0 saturated carbocycles. The van der Waals surface area contributed by atoms with E-state index >= 15 is 0 Å². The van der Waals surface area contributed by atoms with Crippen molar-refractivity contribution in [2.45, 2.75) is 0 Å². The minimum Gasteiger partial charge on any atom is -0.309 e. The topological polar surface area (TPSA) is 3.24 Å². The van der Waals surface area contributed by atoms with Gasteiger partial charge < -0.3 is 4.90 Å². The fraction of sp³-hybridized carbons (Fsp3) is 0. The summed E-state index contributed by atoms with van der Waals surface area (Å²) in [5, 5.41) is 5.04. The van der Waals surface area contributed by atoms with Gasteiger partial charge in [0.1, 0.15) is 0 Å². The minimum absolute atomic E-state index is 1.10. The molecule has 54 heavy (non-hydrogen) atoms. The van der Waals surface area contributed by atoms with E-state index in [0.29, 0.717) is 0 Å². The summed E-state index contributed by atoms with van der Waals surface area (Å²) in [5.74, 6) is 0. The van der Waals surface area contributed by atoms with Gasteiger partial charge in [0.05, 0.1) is 11.4 Å². The average molecular weight is 706 g/mol. The predicted molar refractivity (Wildman–Crippen MR) is 233 cm³/mol. The molecule has 254 valence electrons. The molecule has 1 nitrogen and oxygen atoms in total. The number of para-hydroxylation sites is 1. The van der Waals surface area contributed by atoms with Gasteiger partial charge in [-0.25, -0.2) is 0 Å². The van der Waals surface area contributed by atoms with Crippen LogP contribution in [0.1, 0.15) is 0 Å². The Labute approximate surface area is 319 Å². The lowest BCUT2D eigenvalue weighted by Gasteiger charge is -2.30. The number of anilines is 3. The summed E-state index contributed by atoms with van der Waals surface area (Å²) in [7, 11) is 0. The van der Waals surface area contributed by atoms with Crippen molar-refractivity contribution >= 4 is 59.3 Å². The average Bonchev–Trinajstić information content (AvgIpc) is 3.64. The third-order valence-corrected chi connectivity index (χ3v) is 11.7. The van der Waals surface area contributed by atoms with Crippen molar-refractivity contribution in [2.75, 3.05) is 4.90 Å². The molecule has 0 saturated heterocycles. The van der Waals surface area contributed by atoms with Crippen molar-refractivity contribution in [3.63, 3.8) is 0 Å². The Morgan fingerprint density at radius 1 is 0.296 bits per heavy atom. The lowest BCUT2D eigenvalue weighted by Crippen LogP contribution is -2.12. The number of hydrogen-bond donors (Lipinski definition) is 0. The first-order valence-corrected chi connectivity index (χ1v) is 19.3. The lowest BCUT2D eigenvalue weighted by atomic mass is 9.92. The van der Waals surface area contributed by atoms with E-state index in [0.717, 1.165) is 17.1 Å². The van der Waals surface area contributed by atoms with E-state index in [4.69, 9.17) is 0 Å². The Morgan fingerprint density at radius 2 is 0.833 bits per heavy atom. The van der Waals surface area contributed by atoms with Crippen LogP contribution in [0.15, 0.2) is 212 Å². The Morgan fingerprint density at radius 3 is 1.57 bits per heavy atom. The van der Waals surface area contributed by atoms with Crippen LogP contribution >= 0.6 is 11.3 Å².